The molecule has 9 heteroatoms. The van der Waals surface area contributed by atoms with Gasteiger partial charge in [0.15, 0.2) is 6.10 Å². The van der Waals surface area contributed by atoms with Gasteiger partial charge in [-0.1, -0.05) is 71.7 Å². The van der Waals surface area contributed by atoms with Crippen molar-refractivity contribution in [2.75, 3.05) is 27.3 Å². The van der Waals surface area contributed by atoms with Crippen LogP contribution in [0.25, 0.3) is 0 Å². The molecule has 254 valence electrons. The lowest BCUT2D eigenvalue weighted by Gasteiger charge is -2.40. The van der Waals surface area contributed by atoms with Crippen LogP contribution >= 0.6 is 23.2 Å². The maximum atomic E-state index is 12.6. The first-order valence-corrected chi connectivity index (χ1v) is 16.5. The van der Waals surface area contributed by atoms with Crippen LogP contribution in [0.15, 0.2) is 97.1 Å². The molecular formula is C39H43Cl2NO6. The standard InChI is InChI=1S/C39H43Cl2NO6/c1-38(2,3)48-36(43)29-11-7-28(8-12-29)26-47-35(37(44)45-6)25-27-9-21-34(22-10-27)46-24-23-42(5)39(4,30-13-17-32(40)18-14-30)31-15-19-33(41)20-16-31/h7-22,35H,23-26H2,1-6H3. The summed E-state index contributed by atoms with van der Waals surface area (Å²) in [5.41, 5.74) is 3.33. The third-order valence-corrected chi connectivity index (χ3v) is 8.62. The van der Waals surface area contributed by atoms with E-state index in [0.29, 0.717) is 40.9 Å². The van der Waals surface area contributed by atoms with Crippen LogP contribution in [0, 0.1) is 0 Å². The predicted molar refractivity (Wildman–Crippen MR) is 190 cm³/mol. The second-order valence-electron chi connectivity index (χ2n) is 12.7. The van der Waals surface area contributed by atoms with Crippen molar-refractivity contribution in [3.05, 3.63) is 135 Å². The predicted octanol–water partition coefficient (Wildman–Crippen LogP) is 8.52. The SMILES string of the molecule is COC(=O)C(Cc1ccc(OCCN(C)C(C)(c2ccc(Cl)cc2)c2ccc(Cl)cc2)cc1)OCc1ccc(C(=O)OC(C)(C)C)cc1. The van der Waals surface area contributed by atoms with Crippen molar-refractivity contribution in [1.82, 2.24) is 4.90 Å². The molecule has 0 aliphatic heterocycles. The largest absolute Gasteiger partial charge is 0.492 e. The molecule has 7 nitrogen and oxygen atoms in total. The summed E-state index contributed by atoms with van der Waals surface area (Å²) in [5, 5.41) is 1.37. The molecule has 0 spiro atoms. The van der Waals surface area contributed by atoms with Gasteiger partial charge in [0.25, 0.3) is 0 Å². The molecule has 0 bridgehead atoms. The smallest absolute Gasteiger partial charge is 0.338 e. The lowest BCUT2D eigenvalue weighted by atomic mass is 9.83. The zero-order valence-corrected chi connectivity index (χ0v) is 29.8. The van der Waals surface area contributed by atoms with Crippen molar-refractivity contribution in [1.29, 1.82) is 0 Å². The molecule has 4 aromatic carbocycles. The molecule has 0 radical (unpaired) electrons. The minimum atomic E-state index is -0.806. The summed E-state index contributed by atoms with van der Waals surface area (Å²) in [6.45, 7) is 8.91. The Hall–Kier alpha value is -3.88. The molecule has 1 unspecified atom stereocenters. The van der Waals surface area contributed by atoms with Gasteiger partial charge in [0.05, 0.1) is 24.8 Å². The van der Waals surface area contributed by atoms with E-state index in [-0.39, 0.29) is 6.61 Å². The topological polar surface area (TPSA) is 74.3 Å². The second-order valence-corrected chi connectivity index (χ2v) is 13.6. The number of likely N-dealkylation sites (N-methyl/N-ethyl adjacent to an activating group) is 1. The van der Waals surface area contributed by atoms with Crippen LogP contribution in [0.4, 0.5) is 0 Å². The van der Waals surface area contributed by atoms with E-state index in [1.807, 2.05) is 93.6 Å². The van der Waals surface area contributed by atoms with E-state index in [2.05, 4.69) is 18.9 Å². The highest BCUT2D eigenvalue weighted by Crippen LogP contribution is 2.36. The molecule has 0 N–H and O–H groups in total. The van der Waals surface area contributed by atoms with E-state index < -0.39 is 29.2 Å². The molecule has 0 amide bonds. The number of rotatable bonds is 14. The molecule has 0 aliphatic carbocycles. The Bertz CT molecular complexity index is 1590. The summed E-state index contributed by atoms with van der Waals surface area (Å²) in [6.07, 6.45) is -0.481. The molecular weight excluding hydrogens is 649 g/mol. The Morgan fingerprint density at radius 1 is 0.750 bits per heavy atom. The molecule has 4 aromatic rings. The fourth-order valence-electron chi connectivity index (χ4n) is 5.23. The Morgan fingerprint density at radius 2 is 1.27 bits per heavy atom. The first kappa shape index (κ1) is 36.9. The molecule has 4 rings (SSSR count). The maximum Gasteiger partial charge on any atom is 0.338 e. The number of nitrogens with zero attached hydrogens (tertiary/aromatic N) is 1. The molecule has 0 aromatic heterocycles. The minimum Gasteiger partial charge on any atom is -0.492 e. The van der Waals surface area contributed by atoms with Gasteiger partial charge in [-0.15, -0.1) is 0 Å². The number of ether oxygens (including phenoxy) is 4. The Balaban J connectivity index is 1.34. The van der Waals surface area contributed by atoms with Crippen LogP contribution in [0.2, 0.25) is 10.0 Å². The van der Waals surface area contributed by atoms with E-state index in [1.54, 1.807) is 24.3 Å². The van der Waals surface area contributed by atoms with E-state index in [4.69, 9.17) is 42.1 Å². The van der Waals surface area contributed by atoms with Crippen LogP contribution in [0.3, 0.4) is 0 Å². The van der Waals surface area contributed by atoms with E-state index >= 15 is 0 Å². The zero-order chi connectivity index (χ0) is 34.9. The number of halogens is 2. The Kier molecular flexibility index (Phi) is 12.7. The Labute approximate surface area is 293 Å². The number of benzene rings is 4. The van der Waals surface area contributed by atoms with Gasteiger partial charge < -0.3 is 18.9 Å². The molecule has 0 aliphatic rings. The quantitative estimate of drug-likeness (QED) is 0.123. The average Bonchev–Trinajstić information content (AvgIpc) is 3.06. The summed E-state index contributed by atoms with van der Waals surface area (Å²) >= 11 is 12.4. The van der Waals surface area contributed by atoms with E-state index in [9.17, 15) is 9.59 Å². The monoisotopic (exact) mass is 691 g/mol. The zero-order valence-electron chi connectivity index (χ0n) is 28.3. The first-order valence-electron chi connectivity index (χ1n) is 15.8. The Morgan fingerprint density at radius 3 is 1.77 bits per heavy atom. The second kappa shape index (κ2) is 16.5. The first-order chi connectivity index (χ1) is 22.8. The molecule has 0 saturated carbocycles. The van der Waals surface area contributed by atoms with Gasteiger partial charge in [-0.2, -0.15) is 0 Å². The third kappa shape index (κ3) is 10.1. The summed E-state index contributed by atoms with van der Waals surface area (Å²) in [6, 6.07) is 30.3. The maximum absolute atomic E-state index is 12.6. The van der Waals surface area contributed by atoms with Gasteiger partial charge in [-0.25, -0.2) is 9.59 Å². The lowest BCUT2D eigenvalue weighted by Crippen LogP contribution is -2.44. The summed E-state index contributed by atoms with van der Waals surface area (Å²) < 4.78 is 22.5. The van der Waals surface area contributed by atoms with Gasteiger partial charge in [-0.05, 0) is 106 Å². The van der Waals surface area contributed by atoms with Gasteiger partial charge in [-0.3, -0.25) is 4.90 Å². The fourth-order valence-corrected chi connectivity index (χ4v) is 5.48. The molecule has 0 heterocycles. The van der Waals surface area contributed by atoms with Gasteiger partial charge >= 0.3 is 11.9 Å². The van der Waals surface area contributed by atoms with Crippen molar-refractivity contribution >= 4 is 35.1 Å². The summed E-state index contributed by atoms with van der Waals surface area (Å²) in [7, 11) is 3.41. The van der Waals surface area contributed by atoms with Crippen molar-refractivity contribution < 1.29 is 28.5 Å². The van der Waals surface area contributed by atoms with Crippen LogP contribution in [0.1, 0.15) is 60.3 Å². The van der Waals surface area contributed by atoms with Crippen molar-refractivity contribution in [2.45, 2.75) is 58.0 Å². The summed E-state index contributed by atoms with van der Waals surface area (Å²) in [4.78, 5) is 27.1. The molecule has 1 atom stereocenters. The normalized spacial score (nSPS) is 12.4. The lowest BCUT2D eigenvalue weighted by molar-refractivity contribution is -0.154. The van der Waals surface area contributed by atoms with Crippen LogP contribution in [-0.4, -0.2) is 55.9 Å². The molecule has 0 fully saturated rings. The number of esters is 2. The third-order valence-electron chi connectivity index (χ3n) is 8.12. The minimum absolute atomic E-state index is 0.175. The van der Waals surface area contributed by atoms with Crippen LogP contribution < -0.4 is 4.74 Å². The highest BCUT2D eigenvalue weighted by molar-refractivity contribution is 6.30. The highest BCUT2D eigenvalue weighted by atomic mass is 35.5. The van der Waals surface area contributed by atoms with Gasteiger partial charge in [0, 0.05) is 23.0 Å². The van der Waals surface area contributed by atoms with Crippen molar-refractivity contribution in [2.24, 2.45) is 0 Å². The van der Waals surface area contributed by atoms with Crippen molar-refractivity contribution in [3.8, 4) is 5.75 Å². The van der Waals surface area contributed by atoms with Crippen LogP contribution in [-0.2, 0) is 37.6 Å². The van der Waals surface area contributed by atoms with E-state index in [1.165, 1.54) is 7.11 Å². The molecule has 0 saturated heterocycles. The highest BCUT2D eigenvalue weighted by Gasteiger charge is 2.33. The number of hydrogen-bond acceptors (Lipinski definition) is 7. The van der Waals surface area contributed by atoms with Crippen LogP contribution in [0.5, 0.6) is 5.75 Å². The number of carbonyl (C=O) groups excluding carboxylic acids is 2. The average molecular weight is 693 g/mol. The number of carbonyl (C=O) groups is 2. The fraction of sp³-hybridized carbons (Fsp3) is 0.333. The van der Waals surface area contributed by atoms with Crippen molar-refractivity contribution in [3.63, 3.8) is 0 Å². The number of hydrogen-bond donors (Lipinski definition) is 0. The summed E-state index contributed by atoms with van der Waals surface area (Å²) in [5.74, 6) is -0.142. The molecule has 48 heavy (non-hydrogen) atoms. The van der Waals surface area contributed by atoms with E-state index in [0.717, 1.165) is 22.3 Å². The van der Waals surface area contributed by atoms with Gasteiger partial charge in [0.1, 0.15) is 18.0 Å². The number of methoxy groups -OCH3 is 1. The van der Waals surface area contributed by atoms with Gasteiger partial charge in [0.2, 0.25) is 0 Å².